The first-order valence-corrected chi connectivity index (χ1v) is 3.39. The van der Waals surface area contributed by atoms with Gasteiger partial charge in [0.15, 0.2) is 6.10 Å². The maximum atomic E-state index is 10.4. The quantitative estimate of drug-likeness (QED) is 0.646. The van der Waals surface area contributed by atoms with E-state index in [2.05, 4.69) is 0 Å². The monoisotopic (exact) mass is 146 g/mol. The number of carboxylic acid groups (broad SMARTS) is 1. The van der Waals surface area contributed by atoms with Gasteiger partial charge in [-0.05, 0) is 5.92 Å². The van der Waals surface area contributed by atoms with Crippen molar-refractivity contribution >= 4 is 5.97 Å². The number of hydrogen-bond donors (Lipinski definition) is 1. The van der Waals surface area contributed by atoms with Crippen molar-refractivity contribution in [3.05, 3.63) is 0 Å². The van der Waals surface area contributed by atoms with Gasteiger partial charge in [0.2, 0.25) is 0 Å². The minimum Gasteiger partial charge on any atom is -0.479 e. The van der Waals surface area contributed by atoms with Crippen molar-refractivity contribution in [2.75, 3.05) is 7.11 Å². The molecular formula is C7H14O3. The van der Waals surface area contributed by atoms with Gasteiger partial charge in [-0.25, -0.2) is 4.79 Å². The zero-order chi connectivity index (χ0) is 8.15. The van der Waals surface area contributed by atoms with Crippen molar-refractivity contribution in [1.82, 2.24) is 0 Å². The predicted molar refractivity (Wildman–Crippen MR) is 37.9 cm³/mol. The lowest BCUT2D eigenvalue weighted by molar-refractivity contribution is -0.151. The molecule has 0 radical (unpaired) electrons. The number of carbonyl (C=O) groups is 1. The Morgan fingerprint density at radius 2 is 2.20 bits per heavy atom. The Morgan fingerprint density at radius 1 is 1.70 bits per heavy atom. The third-order valence-electron chi connectivity index (χ3n) is 1.66. The van der Waals surface area contributed by atoms with Crippen molar-refractivity contribution in [2.24, 2.45) is 5.92 Å². The van der Waals surface area contributed by atoms with Crippen LogP contribution in [0.3, 0.4) is 0 Å². The molecule has 1 N–H and O–H groups in total. The fraction of sp³-hybridized carbons (Fsp3) is 0.857. The SMILES string of the molecule is CCC(C)C(OC)C(=O)O. The van der Waals surface area contributed by atoms with E-state index in [1.807, 2.05) is 13.8 Å². The van der Waals surface area contributed by atoms with Crippen molar-refractivity contribution in [3.8, 4) is 0 Å². The zero-order valence-corrected chi connectivity index (χ0v) is 6.63. The average molecular weight is 146 g/mol. The van der Waals surface area contributed by atoms with Gasteiger partial charge in [-0.1, -0.05) is 20.3 Å². The average Bonchev–Trinajstić information content (AvgIpc) is 1.88. The lowest BCUT2D eigenvalue weighted by Crippen LogP contribution is -2.29. The Kier molecular flexibility index (Phi) is 4.03. The van der Waals surface area contributed by atoms with E-state index in [-0.39, 0.29) is 5.92 Å². The largest absolute Gasteiger partial charge is 0.479 e. The van der Waals surface area contributed by atoms with Crippen LogP contribution in [0.5, 0.6) is 0 Å². The summed E-state index contributed by atoms with van der Waals surface area (Å²) in [7, 11) is 1.42. The molecule has 0 aliphatic rings. The summed E-state index contributed by atoms with van der Waals surface area (Å²) < 4.78 is 4.76. The summed E-state index contributed by atoms with van der Waals surface area (Å²) >= 11 is 0. The van der Waals surface area contributed by atoms with E-state index in [0.717, 1.165) is 6.42 Å². The minimum absolute atomic E-state index is 0.0856. The Morgan fingerprint density at radius 3 is 2.30 bits per heavy atom. The summed E-state index contributed by atoms with van der Waals surface area (Å²) in [6.07, 6.45) is 0.176. The molecule has 0 bridgehead atoms. The molecule has 0 amide bonds. The van der Waals surface area contributed by atoms with Gasteiger partial charge in [-0.2, -0.15) is 0 Å². The van der Waals surface area contributed by atoms with Crippen molar-refractivity contribution < 1.29 is 14.6 Å². The van der Waals surface area contributed by atoms with Crippen LogP contribution in [0.15, 0.2) is 0 Å². The second-order valence-corrected chi connectivity index (χ2v) is 2.38. The molecule has 0 aromatic heterocycles. The number of methoxy groups -OCH3 is 1. The van der Waals surface area contributed by atoms with Gasteiger partial charge < -0.3 is 9.84 Å². The normalized spacial score (nSPS) is 16.3. The predicted octanol–water partition coefficient (Wildman–Crippen LogP) is 1.13. The standard InChI is InChI=1S/C7H14O3/c1-4-5(2)6(10-3)7(8)9/h5-6H,4H2,1-3H3,(H,8,9). The molecule has 0 aliphatic carbocycles. The molecule has 0 saturated heterocycles. The molecule has 60 valence electrons. The fourth-order valence-electron chi connectivity index (χ4n) is 0.791. The molecule has 0 spiro atoms. The van der Waals surface area contributed by atoms with Crippen LogP contribution < -0.4 is 0 Å². The fourth-order valence-corrected chi connectivity index (χ4v) is 0.791. The van der Waals surface area contributed by atoms with Gasteiger partial charge in [-0.15, -0.1) is 0 Å². The molecule has 0 rings (SSSR count). The number of aliphatic carboxylic acids is 1. The van der Waals surface area contributed by atoms with E-state index < -0.39 is 12.1 Å². The van der Waals surface area contributed by atoms with Crippen molar-refractivity contribution in [1.29, 1.82) is 0 Å². The van der Waals surface area contributed by atoms with Crippen LogP contribution in [-0.2, 0) is 9.53 Å². The summed E-state index contributed by atoms with van der Waals surface area (Å²) in [5.41, 5.74) is 0. The molecule has 0 fully saturated rings. The van der Waals surface area contributed by atoms with E-state index >= 15 is 0 Å². The molecule has 0 heterocycles. The zero-order valence-electron chi connectivity index (χ0n) is 6.63. The Labute approximate surface area is 61.0 Å². The third-order valence-corrected chi connectivity index (χ3v) is 1.66. The Bertz CT molecular complexity index is 111. The molecule has 3 heteroatoms. The van der Waals surface area contributed by atoms with E-state index in [1.165, 1.54) is 7.11 Å². The van der Waals surface area contributed by atoms with Crippen LogP contribution in [0.2, 0.25) is 0 Å². The second-order valence-electron chi connectivity index (χ2n) is 2.38. The lowest BCUT2D eigenvalue weighted by atomic mass is 10.0. The molecule has 0 aromatic rings. The summed E-state index contributed by atoms with van der Waals surface area (Å²) in [6.45, 7) is 3.81. The van der Waals surface area contributed by atoms with Gasteiger partial charge in [0.1, 0.15) is 0 Å². The number of carboxylic acids is 1. The summed E-state index contributed by atoms with van der Waals surface area (Å²) in [4.78, 5) is 10.4. The van der Waals surface area contributed by atoms with Crippen LogP contribution in [0.4, 0.5) is 0 Å². The Balaban J connectivity index is 3.92. The molecule has 2 unspecified atom stereocenters. The lowest BCUT2D eigenvalue weighted by Gasteiger charge is -2.15. The first-order chi connectivity index (χ1) is 4.63. The molecule has 3 nitrogen and oxygen atoms in total. The van der Waals surface area contributed by atoms with Crippen molar-refractivity contribution in [2.45, 2.75) is 26.4 Å². The Hall–Kier alpha value is -0.570. The minimum atomic E-state index is -0.878. The molecule has 2 atom stereocenters. The van der Waals surface area contributed by atoms with Crippen LogP contribution in [0.25, 0.3) is 0 Å². The number of hydrogen-bond acceptors (Lipinski definition) is 2. The van der Waals surface area contributed by atoms with Gasteiger partial charge in [0.25, 0.3) is 0 Å². The highest BCUT2D eigenvalue weighted by atomic mass is 16.5. The highest BCUT2D eigenvalue weighted by Gasteiger charge is 2.21. The van der Waals surface area contributed by atoms with Gasteiger partial charge in [0, 0.05) is 7.11 Å². The molecule has 0 aromatic carbocycles. The first-order valence-electron chi connectivity index (χ1n) is 3.39. The van der Waals surface area contributed by atoms with Crippen LogP contribution in [-0.4, -0.2) is 24.3 Å². The van der Waals surface area contributed by atoms with E-state index in [1.54, 1.807) is 0 Å². The maximum absolute atomic E-state index is 10.4. The number of rotatable bonds is 4. The van der Waals surface area contributed by atoms with Gasteiger partial charge in [-0.3, -0.25) is 0 Å². The number of ether oxygens (including phenoxy) is 1. The highest BCUT2D eigenvalue weighted by Crippen LogP contribution is 2.10. The van der Waals surface area contributed by atoms with Crippen LogP contribution in [0, 0.1) is 5.92 Å². The topological polar surface area (TPSA) is 46.5 Å². The van der Waals surface area contributed by atoms with Crippen LogP contribution >= 0.6 is 0 Å². The highest BCUT2D eigenvalue weighted by molar-refractivity contribution is 5.72. The van der Waals surface area contributed by atoms with Crippen LogP contribution in [0.1, 0.15) is 20.3 Å². The third kappa shape index (κ3) is 2.35. The maximum Gasteiger partial charge on any atom is 0.333 e. The first kappa shape index (κ1) is 9.43. The van der Waals surface area contributed by atoms with Gasteiger partial charge >= 0.3 is 5.97 Å². The smallest absolute Gasteiger partial charge is 0.333 e. The van der Waals surface area contributed by atoms with E-state index in [0.29, 0.717) is 0 Å². The summed E-state index contributed by atoms with van der Waals surface area (Å²) in [5, 5.41) is 8.55. The van der Waals surface area contributed by atoms with E-state index in [4.69, 9.17) is 9.84 Å². The van der Waals surface area contributed by atoms with Crippen molar-refractivity contribution in [3.63, 3.8) is 0 Å². The molecule has 10 heavy (non-hydrogen) atoms. The molecular weight excluding hydrogens is 132 g/mol. The summed E-state index contributed by atoms with van der Waals surface area (Å²) in [5.74, 6) is -0.792. The molecule has 0 aliphatic heterocycles. The van der Waals surface area contributed by atoms with E-state index in [9.17, 15) is 4.79 Å². The second kappa shape index (κ2) is 4.28. The molecule has 0 saturated carbocycles. The van der Waals surface area contributed by atoms with Gasteiger partial charge in [0.05, 0.1) is 0 Å². The summed E-state index contributed by atoms with van der Waals surface area (Å²) in [6, 6.07) is 0.